The maximum Gasteiger partial charge on any atom is 0.296 e. The summed E-state index contributed by atoms with van der Waals surface area (Å²) in [5.41, 5.74) is -0.0819. The molecule has 1 amide bonds. The first-order chi connectivity index (χ1) is 12.9. The Morgan fingerprint density at radius 2 is 2.22 bits per heavy atom. The number of nitro groups is 1. The molecule has 3 rings (SSSR count). The number of amides is 1. The molecule has 0 spiro atoms. The van der Waals surface area contributed by atoms with E-state index in [0.29, 0.717) is 16.8 Å². The smallest absolute Gasteiger partial charge is 0.296 e. The zero-order valence-corrected chi connectivity index (χ0v) is 16.2. The number of benzene rings is 1. The van der Waals surface area contributed by atoms with Gasteiger partial charge >= 0.3 is 0 Å². The van der Waals surface area contributed by atoms with Crippen LogP contribution in [0, 0.1) is 10.1 Å². The largest absolute Gasteiger partial charge is 0.496 e. The summed E-state index contributed by atoms with van der Waals surface area (Å²) in [6.45, 7) is 4.49. The Morgan fingerprint density at radius 1 is 1.48 bits per heavy atom. The summed E-state index contributed by atoms with van der Waals surface area (Å²) >= 11 is 1.29. The van der Waals surface area contributed by atoms with Crippen molar-refractivity contribution in [1.82, 2.24) is 14.8 Å². The lowest BCUT2D eigenvalue weighted by molar-refractivity contribution is -0.384. The number of carbonyl (C=O) groups is 1. The normalized spacial score (nSPS) is 14.6. The molecule has 1 atom stereocenters. The van der Waals surface area contributed by atoms with Gasteiger partial charge in [0.1, 0.15) is 17.3 Å². The molecule has 0 unspecified atom stereocenters. The highest BCUT2D eigenvalue weighted by Crippen LogP contribution is 2.40. The van der Waals surface area contributed by atoms with Gasteiger partial charge in [-0.3, -0.25) is 14.9 Å². The molecule has 1 N–H and O–H groups in total. The van der Waals surface area contributed by atoms with Gasteiger partial charge in [-0.15, -0.1) is 10.2 Å². The van der Waals surface area contributed by atoms with Crippen molar-refractivity contribution in [2.24, 2.45) is 0 Å². The monoisotopic (exact) mass is 391 g/mol. The van der Waals surface area contributed by atoms with Gasteiger partial charge in [0.2, 0.25) is 5.91 Å². The second-order valence-corrected chi connectivity index (χ2v) is 7.56. The van der Waals surface area contributed by atoms with Crippen molar-refractivity contribution in [2.75, 3.05) is 12.4 Å². The van der Waals surface area contributed by atoms with Crippen LogP contribution in [0.2, 0.25) is 0 Å². The molecule has 2 aromatic rings. The number of aromatic nitrogens is 3. The number of thioether (sulfide) groups is 1. The summed E-state index contributed by atoms with van der Waals surface area (Å²) in [6, 6.07) is 4.31. The van der Waals surface area contributed by atoms with E-state index in [2.05, 4.69) is 15.5 Å². The fourth-order valence-electron chi connectivity index (χ4n) is 2.67. The SMILES string of the molecule is CCn1c(S[C@@H](C)C(=O)Nc2ccc(OC)cc2[N+](=O)[O-])nnc1C1CC1. The van der Waals surface area contributed by atoms with Crippen LogP contribution in [0.3, 0.4) is 0 Å². The topological polar surface area (TPSA) is 112 Å². The van der Waals surface area contributed by atoms with Gasteiger partial charge in [0.05, 0.1) is 23.3 Å². The van der Waals surface area contributed by atoms with Crippen LogP contribution >= 0.6 is 11.8 Å². The Labute approximate surface area is 160 Å². The van der Waals surface area contributed by atoms with Gasteiger partial charge in [-0.1, -0.05) is 11.8 Å². The van der Waals surface area contributed by atoms with Crippen LogP contribution in [-0.4, -0.2) is 38.0 Å². The molecule has 1 heterocycles. The Balaban J connectivity index is 1.72. The molecule has 0 aliphatic heterocycles. The van der Waals surface area contributed by atoms with Gasteiger partial charge in [-0.2, -0.15) is 0 Å². The maximum atomic E-state index is 12.6. The predicted octanol–water partition coefficient (Wildman–Crippen LogP) is 3.21. The van der Waals surface area contributed by atoms with Crippen molar-refractivity contribution >= 4 is 29.0 Å². The highest BCUT2D eigenvalue weighted by Gasteiger charge is 2.31. The maximum absolute atomic E-state index is 12.6. The number of ether oxygens (including phenoxy) is 1. The molecule has 27 heavy (non-hydrogen) atoms. The molecule has 0 bridgehead atoms. The number of anilines is 1. The van der Waals surface area contributed by atoms with Crippen molar-refractivity contribution in [3.8, 4) is 5.75 Å². The molecular weight excluding hydrogens is 370 g/mol. The average Bonchev–Trinajstić information content (AvgIpc) is 3.42. The minimum absolute atomic E-state index is 0.133. The Bertz CT molecular complexity index is 865. The van der Waals surface area contributed by atoms with E-state index in [0.717, 1.165) is 25.2 Å². The van der Waals surface area contributed by atoms with Crippen LogP contribution < -0.4 is 10.1 Å². The van der Waals surface area contributed by atoms with Crippen molar-refractivity contribution in [2.45, 2.75) is 49.6 Å². The molecule has 1 aliphatic carbocycles. The van der Waals surface area contributed by atoms with E-state index in [9.17, 15) is 14.9 Å². The summed E-state index contributed by atoms with van der Waals surface area (Å²) in [5.74, 6) is 1.45. The number of methoxy groups -OCH3 is 1. The third-order valence-corrected chi connectivity index (χ3v) is 5.40. The van der Waals surface area contributed by atoms with Crippen LogP contribution in [0.15, 0.2) is 23.4 Å². The number of hydrogen-bond donors (Lipinski definition) is 1. The number of nitrogens with zero attached hydrogens (tertiary/aromatic N) is 4. The quantitative estimate of drug-likeness (QED) is 0.418. The number of nitrogens with one attached hydrogen (secondary N) is 1. The van der Waals surface area contributed by atoms with Crippen molar-refractivity contribution in [1.29, 1.82) is 0 Å². The van der Waals surface area contributed by atoms with Gasteiger partial charge in [0, 0.05) is 12.5 Å². The lowest BCUT2D eigenvalue weighted by Crippen LogP contribution is -2.23. The molecule has 1 aliphatic rings. The van der Waals surface area contributed by atoms with E-state index in [1.165, 1.54) is 31.0 Å². The zero-order chi connectivity index (χ0) is 19.6. The van der Waals surface area contributed by atoms with Crippen LogP contribution in [0.1, 0.15) is 38.4 Å². The van der Waals surface area contributed by atoms with Gasteiger partial charge < -0.3 is 14.6 Å². The first kappa shape index (κ1) is 19.2. The minimum atomic E-state index is -0.550. The summed E-state index contributed by atoms with van der Waals surface area (Å²) < 4.78 is 7.03. The lowest BCUT2D eigenvalue weighted by atomic mass is 10.2. The molecule has 144 valence electrons. The van der Waals surface area contributed by atoms with E-state index in [-0.39, 0.29) is 17.3 Å². The fourth-order valence-corrected chi connectivity index (χ4v) is 3.59. The molecule has 0 radical (unpaired) electrons. The third kappa shape index (κ3) is 4.21. The van der Waals surface area contributed by atoms with E-state index in [4.69, 9.17) is 4.74 Å². The summed E-state index contributed by atoms with van der Waals surface area (Å²) in [5, 5.41) is 22.6. The number of carbonyl (C=O) groups excluding carboxylic acids is 1. The van der Waals surface area contributed by atoms with Crippen molar-refractivity contribution in [3.63, 3.8) is 0 Å². The average molecular weight is 391 g/mol. The van der Waals surface area contributed by atoms with Gasteiger partial charge in [0.15, 0.2) is 5.16 Å². The number of rotatable bonds is 8. The van der Waals surface area contributed by atoms with Crippen LogP contribution in [-0.2, 0) is 11.3 Å². The van der Waals surface area contributed by atoms with Gasteiger partial charge in [0.25, 0.3) is 5.69 Å². The standard InChI is InChI=1S/C17H21N5O4S/c1-4-21-15(11-5-6-11)19-20-17(21)27-10(2)16(23)18-13-8-7-12(26-3)9-14(13)22(24)25/h7-11H,4-6H2,1-3H3,(H,18,23)/t10-/m0/s1. The molecule has 9 nitrogen and oxygen atoms in total. The summed E-state index contributed by atoms with van der Waals surface area (Å²) in [4.78, 5) is 23.3. The number of nitro benzene ring substituents is 1. The van der Waals surface area contributed by atoms with E-state index in [1.54, 1.807) is 13.0 Å². The first-order valence-electron chi connectivity index (χ1n) is 8.67. The van der Waals surface area contributed by atoms with E-state index < -0.39 is 10.2 Å². The molecule has 1 saturated carbocycles. The van der Waals surface area contributed by atoms with Gasteiger partial charge in [-0.05, 0) is 38.8 Å². The second kappa shape index (κ2) is 7.95. The van der Waals surface area contributed by atoms with Gasteiger partial charge in [-0.25, -0.2) is 0 Å². The summed E-state index contributed by atoms with van der Waals surface area (Å²) in [7, 11) is 1.43. The van der Waals surface area contributed by atoms with Crippen LogP contribution in [0.25, 0.3) is 0 Å². The predicted molar refractivity (Wildman–Crippen MR) is 101 cm³/mol. The molecular formula is C17H21N5O4S. The molecule has 1 aromatic carbocycles. The second-order valence-electron chi connectivity index (χ2n) is 6.25. The molecule has 1 fully saturated rings. The first-order valence-corrected chi connectivity index (χ1v) is 9.55. The van der Waals surface area contributed by atoms with E-state index >= 15 is 0 Å². The van der Waals surface area contributed by atoms with Crippen molar-refractivity contribution in [3.05, 3.63) is 34.1 Å². The number of hydrogen-bond acceptors (Lipinski definition) is 7. The lowest BCUT2D eigenvalue weighted by Gasteiger charge is -2.13. The third-order valence-electron chi connectivity index (χ3n) is 4.32. The Morgan fingerprint density at radius 3 is 2.81 bits per heavy atom. The highest BCUT2D eigenvalue weighted by molar-refractivity contribution is 8.00. The summed E-state index contributed by atoms with van der Waals surface area (Å²) in [6.07, 6.45) is 2.25. The van der Waals surface area contributed by atoms with Crippen LogP contribution in [0.5, 0.6) is 5.75 Å². The van der Waals surface area contributed by atoms with Crippen molar-refractivity contribution < 1.29 is 14.5 Å². The molecule has 1 aromatic heterocycles. The fraction of sp³-hybridized carbons (Fsp3) is 0.471. The molecule has 10 heteroatoms. The minimum Gasteiger partial charge on any atom is -0.496 e. The molecule has 0 saturated heterocycles. The van der Waals surface area contributed by atoms with E-state index in [1.807, 2.05) is 11.5 Å². The Hall–Kier alpha value is -2.62. The van der Waals surface area contributed by atoms with Crippen LogP contribution in [0.4, 0.5) is 11.4 Å². The Kier molecular flexibility index (Phi) is 5.64. The highest BCUT2D eigenvalue weighted by atomic mass is 32.2. The zero-order valence-electron chi connectivity index (χ0n) is 15.3.